The number of aryl methyl sites for hydroxylation is 1. The van der Waals surface area contributed by atoms with Crippen molar-refractivity contribution in [2.45, 2.75) is 25.8 Å². The molecule has 16 heavy (non-hydrogen) atoms. The molecule has 1 aromatic rings. The standard InChI is InChI=1S/C13H18N2O/c1-10-4-6-11(7-5-10)13(16)15-8-2-3-12(15)9-14/h4-7,12H,2-3,8-9,14H2,1H3. The van der Waals surface area contributed by atoms with Gasteiger partial charge in [-0.3, -0.25) is 4.79 Å². The molecule has 1 unspecified atom stereocenters. The molecule has 1 heterocycles. The molecular weight excluding hydrogens is 200 g/mol. The lowest BCUT2D eigenvalue weighted by Gasteiger charge is -2.23. The summed E-state index contributed by atoms with van der Waals surface area (Å²) in [6.45, 7) is 3.43. The molecule has 3 heteroatoms. The highest BCUT2D eigenvalue weighted by Crippen LogP contribution is 2.19. The van der Waals surface area contributed by atoms with E-state index in [2.05, 4.69) is 0 Å². The molecule has 3 nitrogen and oxygen atoms in total. The van der Waals surface area contributed by atoms with Gasteiger partial charge in [0.15, 0.2) is 0 Å². The summed E-state index contributed by atoms with van der Waals surface area (Å²) < 4.78 is 0. The SMILES string of the molecule is Cc1ccc(C(=O)N2CCCC2CN)cc1. The second kappa shape index (κ2) is 4.66. The van der Waals surface area contributed by atoms with E-state index in [1.807, 2.05) is 36.1 Å². The zero-order chi connectivity index (χ0) is 11.5. The van der Waals surface area contributed by atoms with Gasteiger partial charge < -0.3 is 10.6 Å². The molecule has 0 aliphatic carbocycles. The van der Waals surface area contributed by atoms with Crippen molar-refractivity contribution in [3.05, 3.63) is 35.4 Å². The maximum Gasteiger partial charge on any atom is 0.254 e. The highest BCUT2D eigenvalue weighted by molar-refractivity contribution is 5.94. The van der Waals surface area contributed by atoms with E-state index in [-0.39, 0.29) is 11.9 Å². The van der Waals surface area contributed by atoms with Crippen LogP contribution in [0.15, 0.2) is 24.3 Å². The van der Waals surface area contributed by atoms with Crippen molar-refractivity contribution in [1.29, 1.82) is 0 Å². The molecule has 0 bridgehead atoms. The van der Waals surface area contributed by atoms with Gasteiger partial charge >= 0.3 is 0 Å². The highest BCUT2D eigenvalue weighted by Gasteiger charge is 2.27. The largest absolute Gasteiger partial charge is 0.334 e. The van der Waals surface area contributed by atoms with Gasteiger partial charge in [0.05, 0.1) is 0 Å². The average Bonchev–Trinajstić information content (AvgIpc) is 2.77. The fourth-order valence-corrected chi connectivity index (χ4v) is 2.21. The summed E-state index contributed by atoms with van der Waals surface area (Å²) >= 11 is 0. The van der Waals surface area contributed by atoms with Crippen molar-refractivity contribution >= 4 is 5.91 Å². The number of rotatable bonds is 2. The molecule has 0 spiro atoms. The molecule has 1 atom stereocenters. The van der Waals surface area contributed by atoms with Gasteiger partial charge in [-0.25, -0.2) is 0 Å². The van der Waals surface area contributed by atoms with Crippen LogP contribution in [-0.4, -0.2) is 29.9 Å². The van der Waals surface area contributed by atoms with Crippen molar-refractivity contribution in [2.24, 2.45) is 5.73 Å². The van der Waals surface area contributed by atoms with Gasteiger partial charge in [0, 0.05) is 24.7 Å². The van der Waals surface area contributed by atoms with E-state index in [1.165, 1.54) is 5.56 Å². The topological polar surface area (TPSA) is 46.3 Å². The normalized spacial score (nSPS) is 20.1. The first-order valence-corrected chi connectivity index (χ1v) is 5.80. The zero-order valence-corrected chi connectivity index (χ0v) is 9.65. The van der Waals surface area contributed by atoms with E-state index in [9.17, 15) is 4.79 Å². The zero-order valence-electron chi connectivity index (χ0n) is 9.65. The summed E-state index contributed by atoms with van der Waals surface area (Å²) in [6.07, 6.45) is 2.10. The summed E-state index contributed by atoms with van der Waals surface area (Å²) in [7, 11) is 0. The number of hydrogen-bond acceptors (Lipinski definition) is 2. The van der Waals surface area contributed by atoms with Crippen LogP contribution in [0.25, 0.3) is 0 Å². The second-order valence-electron chi connectivity index (χ2n) is 4.40. The fraction of sp³-hybridized carbons (Fsp3) is 0.462. The molecule has 1 fully saturated rings. The Bertz CT molecular complexity index is 372. The number of nitrogens with two attached hydrogens (primary N) is 1. The van der Waals surface area contributed by atoms with Gasteiger partial charge in [-0.1, -0.05) is 17.7 Å². The lowest BCUT2D eigenvalue weighted by atomic mass is 10.1. The van der Waals surface area contributed by atoms with Gasteiger partial charge in [-0.15, -0.1) is 0 Å². The van der Waals surface area contributed by atoms with Crippen LogP contribution < -0.4 is 5.73 Å². The highest BCUT2D eigenvalue weighted by atomic mass is 16.2. The minimum atomic E-state index is 0.118. The number of amides is 1. The van der Waals surface area contributed by atoms with Crippen molar-refractivity contribution in [1.82, 2.24) is 4.90 Å². The van der Waals surface area contributed by atoms with Crippen LogP contribution in [0.3, 0.4) is 0 Å². The molecule has 0 radical (unpaired) electrons. The number of nitrogens with zero attached hydrogens (tertiary/aromatic N) is 1. The first-order chi connectivity index (χ1) is 7.72. The summed E-state index contributed by atoms with van der Waals surface area (Å²) in [6, 6.07) is 7.96. The van der Waals surface area contributed by atoms with Crippen molar-refractivity contribution < 1.29 is 4.79 Å². The molecule has 2 rings (SSSR count). The van der Waals surface area contributed by atoms with Crippen LogP contribution in [0.4, 0.5) is 0 Å². The van der Waals surface area contributed by atoms with Gasteiger partial charge in [-0.05, 0) is 31.9 Å². The monoisotopic (exact) mass is 218 g/mol. The first-order valence-electron chi connectivity index (χ1n) is 5.80. The van der Waals surface area contributed by atoms with Gasteiger partial charge in [0.1, 0.15) is 0 Å². The van der Waals surface area contributed by atoms with Crippen LogP contribution in [0.1, 0.15) is 28.8 Å². The van der Waals surface area contributed by atoms with Crippen LogP contribution in [-0.2, 0) is 0 Å². The van der Waals surface area contributed by atoms with Crippen LogP contribution in [0, 0.1) is 6.92 Å². The van der Waals surface area contributed by atoms with E-state index >= 15 is 0 Å². The molecule has 2 N–H and O–H groups in total. The minimum absolute atomic E-state index is 0.118. The molecule has 1 aromatic carbocycles. The van der Waals surface area contributed by atoms with Crippen molar-refractivity contribution in [3.8, 4) is 0 Å². The van der Waals surface area contributed by atoms with E-state index in [0.29, 0.717) is 6.54 Å². The van der Waals surface area contributed by atoms with Gasteiger partial charge in [0.25, 0.3) is 5.91 Å². The third kappa shape index (κ3) is 2.09. The van der Waals surface area contributed by atoms with E-state index < -0.39 is 0 Å². The fourth-order valence-electron chi connectivity index (χ4n) is 2.21. The molecule has 0 saturated carbocycles. The third-order valence-corrected chi connectivity index (χ3v) is 3.21. The average molecular weight is 218 g/mol. The lowest BCUT2D eigenvalue weighted by molar-refractivity contribution is 0.0741. The van der Waals surface area contributed by atoms with Gasteiger partial charge in [-0.2, -0.15) is 0 Å². The molecule has 1 saturated heterocycles. The number of hydrogen-bond donors (Lipinski definition) is 1. The summed E-state index contributed by atoms with van der Waals surface area (Å²) in [5.74, 6) is 0.118. The Morgan fingerprint density at radius 2 is 2.12 bits per heavy atom. The Morgan fingerprint density at radius 3 is 2.75 bits per heavy atom. The molecule has 0 aromatic heterocycles. The minimum Gasteiger partial charge on any atom is -0.334 e. The lowest BCUT2D eigenvalue weighted by Crippen LogP contribution is -2.39. The molecule has 86 valence electrons. The predicted octanol–water partition coefficient (Wildman–Crippen LogP) is 1.56. The molecule has 1 aliphatic heterocycles. The van der Waals surface area contributed by atoms with E-state index in [0.717, 1.165) is 24.9 Å². The second-order valence-corrected chi connectivity index (χ2v) is 4.40. The first kappa shape index (κ1) is 11.1. The maximum absolute atomic E-state index is 12.2. The maximum atomic E-state index is 12.2. The third-order valence-electron chi connectivity index (χ3n) is 3.21. The van der Waals surface area contributed by atoms with E-state index in [4.69, 9.17) is 5.73 Å². The summed E-state index contributed by atoms with van der Waals surface area (Å²) in [5, 5.41) is 0. The Morgan fingerprint density at radius 1 is 1.44 bits per heavy atom. The Kier molecular flexibility index (Phi) is 3.25. The smallest absolute Gasteiger partial charge is 0.254 e. The van der Waals surface area contributed by atoms with Crippen molar-refractivity contribution in [3.63, 3.8) is 0 Å². The predicted molar refractivity (Wildman–Crippen MR) is 64.3 cm³/mol. The number of carbonyl (C=O) groups excluding carboxylic acids is 1. The Balaban J connectivity index is 2.15. The summed E-state index contributed by atoms with van der Waals surface area (Å²) in [4.78, 5) is 14.1. The number of carbonyl (C=O) groups is 1. The Labute approximate surface area is 96.2 Å². The Hall–Kier alpha value is -1.35. The quantitative estimate of drug-likeness (QED) is 0.818. The molecular formula is C13H18N2O. The van der Waals surface area contributed by atoms with Crippen LogP contribution in [0.5, 0.6) is 0 Å². The number of likely N-dealkylation sites (tertiary alicyclic amines) is 1. The molecule has 1 aliphatic rings. The van der Waals surface area contributed by atoms with E-state index in [1.54, 1.807) is 0 Å². The van der Waals surface area contributed by atoms with Gasteiger partial charge in [0.2, 0.25) is 0 Å². The van der Waals surface area contributed by atoms with Crippen LogP contribution in [0.2, 0.25) is 0 Å². The summed E-state index contributed by atoms with van der Waals surface area (Å²) in [5.41, 5.74) is 7.61. The van der Waals surface area contributed by atoms with Crippen molar-refractivity contribution in [2.75, 3.05) is 13.1 Å². The molecule has 1 amide bonds. The number of benzene rings is 1. The van der Waals surface area contributed by atoms with Crippen LogP contribution >= 0.6 is 0 Å².